The third-order valence-corrected chi connectivity index (χ3v) is 10.3. The largest absolute Gasteiger partial charge is 0.456 e. The summed E-state index contributed by atoms with van der Waals surface area (Å²) in [4.78, 5) is 0. The molecule has 0 aliphatic carbocycles. The van der Waals surface area contributed by atoms with Crippen LogP contribution in [0.5, 0.6) is 0 Å². The van der Waals surface area contributed by atoms with Crippen molar-refractivity contribution in [3.63, 3.8) is 0 Å². The van der Waals surface area contributed by atoms with Crippen molar-refractivity contribution in [2.45, 2.75) is 0 Å². The van der Waals surface area contributed by atoms with Crippen LogP contribution in [0.2, 0.25) is 0 Å². The fourth-order valence-corrected chi connectivity index (χ4v) is 7.82. The van der Waals surface area contributed by atoms with E-state index in [0.717, 1.165) is 10.6 Å². The number of nitrogens with zero attached hydrogens (tertiary/aromatic N) is 2. The van der Waals surface area contributed by atoms with Gasteiger partial charge in [0.05, 0.1) is 64.9 Å². The molecule has 3 aromatic heterocycles. The number of aromatic nitrogens is 2. The minimum atomic E-state index is -0.810. The van der Waals surface area contributed by atoms with E-state index in [2.05, 4.69) is 0 Å². The van der Waals surface area contributed by atoms with Gasteiger partial charge in [-0.05, 0) is 88.3 Å². The van der Waals surface area contributed by atoms with Crippen molar-refractivity contribution >= 4 is 65.6 Å². The van der Waals surface area contributed by atoms with Crippen LogP contribution in [-0.2, 0) is 0 Å². The lowest BCUT2D eigenvalue weighted by Crippen LogP contribution is -1.97. The van der Waals surface area contributed by atoms with Crippen LogP contribution < -0.4 is 0 Å². The van der Waals surface area contributed by atoms with Crippen molar-refractivity contribution in [1.29, 1.82) is 0 Å². The van der Waals surface area contributed by atoms with E-state index < -0.39 is 102 Å². The first-order valence-corrected chi connectivity index (χ1v) is 18.0. The van der Waals surface area contributed by atoms with Crippen molar-refractivity contribution < 1.29 is 30.5 Å². The number of hydrogen-bond donors (Lipinski definition) is 0. The summed E-state index contributed by atoms with van der Waals surface area (Å²) >= 11 is 0. The Hall–Kier alpha value is -7.62. The lowest BCUT2D eigenvalue weighted by molar-refractivity contribution is 0.669. The smallest absolute Gasteiger partial charge is 0.137 e. The van der Waals surface area contributed by atoms with Crippen molar-refractivity contribution in [2.24, 2.45) is 0 Å². The van der Waals surface area contributed by atoms with Crippen LogP contribution in [-0.4, -0.2) is 9.13 Å². The van der Waals surface area contributed by atoms with E-state index in [4.69, 9.17) is 15.4 Å². The minimum Gasteiger partial charge on any atom is -0.456 e. The number of hydrogen-bond acceptors (Lipinski definition) is 1. The maximum absolute atomic E-state index is 10.1. The van der Waals surface area contributed by atoms with E-state index in [-0.39, 0.29) is 101 Å². The molecule has 3 heteroatoms. The molecule has 0 saturated heterocycles. The number of furan rings is 1. The highest BCUT2D eigenvalue weighted by atomic mass is 16.3. The van der Waals surface area contributed by atoms with Gasteiger partial charge in [-0.1, -0.05) is 145 Å². The van der Waals surface area contributed by atoms with Gasteiger partial charge in [-0.2, -0.15) is 0 Å². The molecule has 9 aromatic carbocycles. The van der Waals surface area contributed by atoms with Crippen LogP contribution in [0.25, 0.3) is 110 Å². The molecule has 0 saturated carbocycles. The highest BCUT2D eigenvalue weighted by Gasteiger charge is 2.21. The van der Waals surface area contributed by atoms with Gasteiger partial charge in [0.25, 0.3) is 0 Å². The highest BCUT2D eigenvalue weighted by Crippen LogP contribution is 2.43. The summed E-state index contributed by atoms with van der Waals surface area (Å²) in [5, 5.41) is -1.12. The highest BCUT2D eigenvalue weighted by molar-refractivity contribution is 6.18. The van der Waals surface area contributed by atoms with E-state index in [1.165, 1.54) is 10.6 Å². The lowest BCUT2D eigenvalue weighted by atomic mass is 9.98. The number of rotatable bonds is 5. The minimum absolute atomic E-state index is 0.0381. The zero-order chi connectivity index (χ0) is 54.0. The molecule has 0 spiro atoms. The van der Waals surface area contributed by atoms with Gasteiger partial charge in [0.15, 0.2) is 0 Å². The lowest BCUT2D eigenvalue weighted by Gasteiger charge is -2.14. The summed E-state index contributed by atoms with van der Waals surface area (Å²) in [5.74, 6) is 0. The Morgan fingerprint density at radius 2 is 0.895 bits per heavy atom. The molecule has 0 aliphatic heterocycles. The fourth-order valence-electron chi connectivity index (χ4n) is 7.82. The molecule has 0 bridgehead atoms. The summed E-state index contributed by atoms with van der Waals surface area (Å²) in [6, 6.07) is 13.9. The van der Waals surface area contributed by atoms with Gasteiger partial charge < -0.3 is 13.6 Å². The molecular weight excluding hydrogens is 693 g/mol. The van der Waals surface area contributed by atoms with Crippen LogP contribution in [0.15, 0.2) is 210 Å². The maximum Gasteiger partial charge on any atom is 0.137 e. The molecule has 57 heavy (non-hydrogen) atoms. The molecule has 0 fully saturated rings. The second-order valence-electron chi connectivity index (χ2n) is 13.3. The SMILES string of the molecule is [2H]c1ccc(-c2ccccc2-n2c3c([2H])c([2H])c([2H])c([2H])c3c3c([2H])c(-c4c([2H])c([2H])c5c(c4[2H])c4c([2H])c([2H])c([2H])c([2H])c4n5-c4c([2H])cc([2H])c5oc6c([2H])cc([2H])c(-c7ccccc7)c6c45)c([2H])c([2H])c32)cc1. The van der Waals surface area contributed by atoms with Crippen molar-refractivity contribution in [2.75, 3.05) is 0 Å². The standard InChI is InChI=1S/C54H34N2O/c1-3-15-35(16-4-1)39-19-7-10-23-45(39)55-46-24-11-8-20-41(46)43-33-37(29-31-48(43)55)38-30-32-49-44(34-38)42-21-9-12-25-47(42)56(49)50-26-14-28-52-54(50)53-40(22-13-27-51(53)57-52)36-17-5-2-6-18-36/h1-34H/i1D,8D,9D,11D,12D,20D,21D,22D,24D,25D,26D,27D,28D,29D,30D,31D,32D,33D,34D. The Bertz CT molecular complexity index is 4620. The Balaban J connectivity index is 1.26. The van der Waals surface area contributed by atoms with Gasteiger partial charge in [-0.3, -0.25) is 0 Å². The average Bonchev–Trinajstić information content (AvgIpc) is 4.26. The van der Waals surface area contributed by atoms with E-state index in [1.807, 2.05) is 0 Å². The number of fused-ring (bicyclic) bond motifs is 9. The molecular formula is C54H34N2O. The maximum atomic E-state index is 10.1. The second kappa shape index (κ2) is 12.5. The zero-order valence-electron chi connectivity index (χ0n) is 48.5. The molecule has 0 amide bonds. The number of para-hydroxylation sites is 3. The predicted molar refractivity (Wildman–Crippen MR) is 239 cm³/mol. The van der Waals surface area contributed by atoms with Crippen LogP contribution in [0.4, 0.5) is 0 Å². The fraction of sp³-hybridized carbons (Fsp3) is 0. The van der Waals surface area contributed by atoms with E-state index in [9.17, 15) is 15.1 Å². The van der Waals surface area contributed by atoms with Crippen LogP contribution in [0.3, 0.4) is 0 Å². The molecule has 12 rings (SSSR count). The molecule has 0 unspecified atom stereocenters. The van der Waals surface area contributed by atoms with E-state index in [1.54, 1.807) is 78.9 Å². The Morgan fingerprint density at radius 1 is 0.351 bits per heavy atom. The average molecular weight is 746 g/mol. The van der Waals surface area contributed by atoms with Crippen molar-refractivity contribution in [1.82, 2.24) is 9.13 Å². The topological polar surface area (TPSA) is 23.0 Å². The number of benzene rings is 9. The van der Waals surface area contributed by atoms with Gasteiger partial charge in [-0.25, -0.2) is 0 Å². The van der Waals surface area contributed by atoms with Crippen molar-refractivity contribution in [3.8, 4) is 44.8 Å². The van der Waals surface area contributed by atoms with Crippen LogP contribution in [0.1, 0.15) is 26.0 Å². The Morgan fingerprint density at radius 3 is 1.60 bits per heavy atom. The van der Waals surface area contributed by atoms with Gasteiger partial charge >= 0.3 is 0 Å². The Kier molecular flexibility index (Phi) is 4.01. The van der Waals surface area contributed by atoms with Gasteiger partial charge in [0, 0.05) is 32.5 Å². The normalized spacial score (nSPS) is 16.5. The summed E-state index contributed by atoms with van der Waals surface area (Å²) in [5.41, 5.74) is -0.558. The van der Waals surface area contributed by atoms with Gasteiger partial charge in [0.1, 0.15) is 11.2 Å². The molecule has 266 valence electrons. The van der Waals surface area contributed by atoms with E-state index >= 15 is 0 Å². The summed E-state index contributed by atoms with van der Waals surface area (Å²) in [7, 11) is 0. The first-order valence-electron chi connectivity index (χ1n) is 27.5. The van der Waals surface area contributed by atoms with Crippen molar-refractivity contribution in [3.05, 3.63) is 206 Å². The molecule has 12 aromatic rings. The third-order valence-electron chi connectivity index (χ3n) is 10.3. The molecule has 3 nitrogen and oxygen atoms in total. The van der Waals surface area contributed by atoms with Crippen LogP contribution in [0, 0.1) is 0 Å². The summed E-state index contributed by atoms with van der Waals surface area (Å²) in [6.45, 7) is 0. The first kappa shape index (κ1) is 18.3. The quantitative estimate of drug-likeness (QED) is 0.172. The molecule has 0 N–H and O–H groups in total. The molecule has 0 aliphatic rings. The second-order valence-corrected chi connectivity index (χ2v) is 13.3. The summed E-state index contributed by atoms with van der Waals surface area (Å²) < 4.78 is 185. The third kappa shape index (κ3) is 4.79. The van der Waals surface area contributed by atoms with Crippen LogP contribution >= 0.6 is 0 Å². The zero-order valence-corrected chi connectivity index (χ0v) is 29.5. The molecule has 3 heterocycles. The summed E-state index contributed by atoms with van der Waals surface area (Å²) in [6.07, 6.45) is 0. The predicted octanol–water partition coefficient (Wildman–Crippen LogP) is 14.8. The van der Waals surface area contributed by atoms with Gasteiger partial charge in [-0.15, -0.1) is 0 Å². The molecule has 0 radical (unpaired) electrons. The first-order chi connectivity index (χ1) is 36.2. The Labute approximate surface area is 355 Å². The van der Waals surface area contributed by atoms with Gasteiger partial charge in [0.2, 0.25) is 0 Å². The van der Waals surface area contributed by atoms with E-state index in [0.29, 0.717) is 22.4 Å². The molecule has 0 atom stereocenters. The monoisotopic (exact) mass is 745 g/mol.